The van der Waals surface area contributed by atoms with Gasteiger partial charge in [0.15, 0.2) is 0 Å². The molecule has 3 heteroatoms. The van der Waals surface area contributed by atoms with E-state index in [1.54, 1.807) is 0 Å². The molecule has 1 nitrogen and oxygen atoms in total. The Hall–Kier alpha value is -0.275. The second kappa shape index (κ2) is 3.22. The molecule has 0 spiro atoms. The average molecular weight is 199 g/mol. The van der Waals surface area contributed by atoms with Gasteiger partial charge in [-0.3, -0.25) is 0 Å². The Bertz CT molecular complexity index is 237. The van der Waals surface area contributed by atoms with E-state index in [2.05, 4.69) is 15.9 Å². The van der Waals surface area contributed by atoms with Crippen LogP contribution in [0.3, 0.4) is 0 Å². The lowest BCUT2D eigenvalue weighted by atomic mass is 9.85. The number of hydrogen-bond donors (Lipinski definition) is 1. The summed E-state index contributed by atoms with van der Waals surface area (Å²) in [5, 5.41) is 8.82. The SMILES string of the molecule is Cc1c(Br)cccc1BO. The minimum Gasteiger partial charge on any atom is -0.449 e. The molecule has 0 radical (unpaired) electrons. The van der Waals surface area contributed by atoms with Gasteiger partial charge in [0.05, 0.1) is 0 Å². The van der Waals surface area contributed by atoms with Crippen molar-refractivity contribution in [1.82, 2.24) is 0 Å². The Labute approximate surface area is 69.5 Å². The summed E-state index contributed by atoms with van der Waals surface area (Å²) in [5.74, 6) is 0. The molecule has 1 N–H and O–H groups in total. The first-order valence-electron chi connectivity index (χ1n) is 3.10. The summed E-state index contributed by atoms with van der Waals surface area (Å²) in [6.45, 7) is 1.98. The van der Waals surface area contributed by atoms with Crippen molar-refractivity contribution in [3.63, 3.8) is 0 Å². The van der Waals surface area contributed by atoms with Crippen LogP contribution in [0.15, 0.2) is 22.7 Å². The molecule has 0 atom stereocenters. The fourth-order valence-electron chi connectivity index (χ4n) is 0.823. The number of benzene rings is 1. The van der Waals surface area contributed by atoms with Crippen molar-refractivity contribution < 1.29 is 5.02 Å². The Balaban J connectivity index is 3.14. The first kappa shape index (κ1) is 7.83. The number of halogens is 1. The van der Waals surface area contributed by atoms with Crippen LogP contribution in [0.25, 0.3) is 0 Å². The van der Waals surface area contributed by atoms with Crippen LogP contribution in [0.4, 0.5) is 0 Å². The minimum absolute atomic E-state index is 0.116. The molecule has 0 fully saturated rings. The zero-order valence-electron chi connectivity index (χ0n) is 5.76. The summed E-state index contributed by atoms with van der Waals surface area (Å²) < 4.78 is 1.05. The lowest BCUT2D eigenvalue weighted by molar-refractivity contribution is 0.615. The molecule has 1 aromatic rings. The summed E-state index contributed by atoms with van der Waals surface area (Å²) in [6, 6.07) is 5.80. The van der Waals surface area contributed by atoms with E-state index in [-0.39, 0.29) is 7.48 Å². The Morgan fingerprint density at radius 2 is 2.20 bits per heavy atom. The van der Waals surface area contributed by atoms with Crippen molar-refractivity contribution in [1.29, 1.82) is 0 Å². The second-order valence-corrected chi connectivity index (χ2v) is 3.04. The summed E-state index contributed by atoms with van der Waals surface area (Å²) in [4.78, 5) is 0. The molecule has 52 valence electrons. The maximum atomic E-state index is 8.82. The molecular weight excluding hydrogens is 191 g/mol. The highest BCUT2D eigenvalue weighted by Crippen LogP contribution is 2.11. The predicted octanol–water partition coefficient (Wildman–Crippen LogP) is 0.727. The maximum absolute atomic E-state index is 8.82. The molecule has 0 aliphatic rings. The smallest absolute Gasteiger partial charge is 0.305 e. The molecule has 0 saturated carbocycles. The van der Waals surface area contributed by atoms with Crippen LogP contribution in [0, 0.1) is 6.92 Å². The highest BCUT2D eigenvalue weighted by molar-refractivity contribution is 9.10. The summed E-state index contributed by atoms with van der Waals surface area (Å²) in [5.41, 5.74) is 2.10. The van der Waals surface area contributed by atoms with Gasteiger partial charge in [0.2, 0.25) is 0 Å². The van der Waals surface area contributed by atoms with Crippen molar-refractivity contribution in [3.8, 4) is 0 Å². The highest BCUT2D eigenvalue weighted by atomic mass is 79.9. The lowest BCUT2D eigenvalue weighted by Crippen LogP contribution is -2.16. The van der Waals surface area contributed by atoms with Crippen LogP contribution < -0.4 is 5.46 Å². The normalized spacial score (nSPS) is 9.50. The largest absolute Gasteiger partial charge is 0.449 e. The van der Waals surface area contributed by atoms with E-state index in [1.165, 1.54) is 0 Å². The van der Waals surface area contributed by atoms with E-state index in [9.17, 15) is 0 Å². The second-order valence-electron chi connectivity index (χ2n) is 2.18. The molecule has 0 saturated heterocycles. The van der Waals surface area contributed by atoms with E-state index in [1.807, 2.05) is 25.1 Å². The average Bonchev–Trinajstić information content (AvgIpc) is 1.95. The third-order valence-electron chi connectivity index (χ3n) is 1.55. The fraction of sp³-hybridized carbons (Fsp3) is 0.143. The zero-order valence-corrected chi connectivity index (χ0v) is 7.35. The van der Waals surface area contributed by atoms with E-state index < -0.39 is 0 Å². The van der Waals surface area contributed by atoms with Gasteiger partial charge in [0, 0.05) is 4.47 Å². The summed E-state index contributed by atoms with van der Waals surface area (Å²) in [7, 11) is 0.116. The van der Waals surface area contributed by atoms with Gasteiger partial charge in [0.1, 0.15) is 0 Å². The number of hydrogen-bond acceptors (Lipinski definition) is 1. The van der Waals surface area contributed by atoms with Gasteiger partial charge in [-0.05, 0) is 24.0 Å². The first-order chi connectivity index (χ1) is 4.75. The van der Waals surface area contributed by atoms with Gasteiger partial charge in [-0.15, -0.1) is 0 Å². The van der Waals surface area contributed by atoms with Gasteiger partial charge in [-0.1, -0.05) is 28.1 Å². The van der Waals surface area contributed by atoms with Crippen LogP contribution in [0.5, 0.6) is 0 Å². The molecule has 1 aromatic carbocycles. The van der Waals surface area contributed by atoms with Crippen molar-refractivity contribution in [2.45, 2.75) is 6.92 Å². The zero-order chi connectivity index (χ0) is 7.56. The van der Waals surface area contributed by atoms with Crippen LogP contribution in [-0.2, 0) is 0 Å². The highest BCUT2D eigenvalue weighted by Gasteiger charge is 1.99. The van der Waals surface area contributed by atoms with Crippen molar-refractivity contribution in [3.05, 3.63) is 28.2 Å². The van der Waals surface area contributed by atoms with E-state index >= 15 is 0 Å². The van der Waals surface area contributed by atoms with E-state index in [0.29, 0.717) is 0 Å². The predicted molar refractivity (Wildman–Crippen MR) is 47.9 cm³/mol. The molecule has 0 bridgehead atoms. The Morgan fingerprint density at radius 1 is 1.50 bits per heavy atom. The molecular formula is C7H8BBrO. The minimum atomic E-state index is 0.116. The van der Waals surface area contributed by atoms with Crippen LogP contribution in [0.2, 0.25) is 0 Å². The van der Waals surface area contributed by atoms with E-state index in [4.69, 9.17) is 5.02 Å². The van der Waals surface area contributed by atoms with Crippen LogP contribution in [0.1, 0.15) is 5.56 Å². The van der Waals surface area contributed by atoms with E-state index in [0.717, 1.165) is 15.5 Å². The molecule has 0 unspecified atom stereocenters. The van der Waals surface area contributed by atoms with Gasteiger partial charge >= 0.3 is 7.48 Å². The van der Waals surface area contributed by atoms with Crippen molar-refractivity contribution in [2.75, 3.05) is 0 Å². The summed E-state index contributed by atoms with van der Waals surface area (Å²) in [6.07, 6.45) is 0. The standard InChI is InChI=1S/C7H8BBrO/c1-5-6(8-10)3-2-4-7(5)9/h2-4,8,10H,1H3. The van der Waals surface area contributed by atoms with Gasteiger partial charge in [-0.2, -0.15) is 0 Å². The lowest BCUT2D eigenvalue weighted by Gasteiger charge is -2.01. The topological polar surface area (TPSA) is 20.2 Å². The van der Waals surface area contributed by atoms with Gasteiger partial charge < -0.3 is 5.02 Å². The van der Waals surface area contributed by atoms with Crippen molar-refractivity contribution in [2.24, 2.45) is 0 Å². The number of rotatable bonds is 1. The quantitative estimate of drug-likeness (QED) is 0.660. The Kier molecular flexibility index (Phi) is 2.52. The molecule has 1 rings (SSSR count). The fourth-order valence-corrected chi connectivity index (χ4v) is 1.23. The maximum Gasteiger partial charge on any atom is 0.305 e. The van der Waals surface area contributed by atoms with Crippen molar-refractivity contribution >= 4 is 28.9 Å². The Morgan fingerprint density at radius 3 is 2.70 bits per heavy atom. The third kappa shape index (κ3) is 1.41. The monoisotopic (exact) mass is 198 g/mol. The first-order valence-corrected chi connectivity index (χ1v) is 3.90. The molecule has 0 heterocycles. The molecule has 0 aliphatic carbocycles. The molecule has 10 heavy (non-hydrogen) atoms. The summed E-state index contributed by atoms with van der Waals surface area (Å²) >= 11 is 3.38. The molecule has 0 aliphatic heterocycles. The van der Waals surface area contributed by atoms with Gasteiger partial charge in [0.25, 0.3) is 0 Å². The molecule has 0 aromatic heterocycles. The molecule has 0 amide bonds. The van der Waals surface area contributed by atoms with Crippen LogP contribution in [-0.4, -0.2) is 12.5 Å². The third-order valence-corrected chi connectivity index (χ3v) is 2.41. The van der Waals surface area contributed by atoms with Crippen LogP contribution >= 0.6 is 15.9 Å². The van der Waals surface area contributed by atoms with Gasteiger partial charge in [-0.25, -0.2) is 0 Å².